The van der Waals surface area contributed by atoms with Crippen molar-refractivity contribution in [3.8, 4) is 0 Å². The molecule has 1 N–H and O–H groups in total. The Labute approximate surface area is 201 Å². The average Bonchev–Trinajstić information content (AvgIpc) is 3.24. The van der Waals surface area contributed by atoms with Gasteiger partial charge < -0.3 is 14.6 Å². The molecule has 0 saturated heterocycles. The molecule has 3 rings (SSSR count). The number of nitrogens with zero attached hydrogens (tertiary/aromatic N) is 2. The molecule has 0 fully saturated rings. The van der Waals surface area contributed by atoms with Crippen LogP contribution in [0.4, 0.5) is 5.82 Å². The molecule has 1 atom stereocenters. The number of hydrogen-bond donors (Lipinski definition) is 1. The number of imide groups is 1. The Morgan fingerprint density at radius 1 is 1.06 bits per heavy atom. The summed E-state index contributed by atoms with van der Waals surface area (Å²) in [5.74, 6) is -3.40. The van der Waals surface area contributed by atoms with Crippen LogP contribution in [-0.2, 0) is 14.3 Å². The molecule has 0 aliphatic carbocycles. The zero-order chi connectivity index (χ0) is 23.9. The molecule has 170 valence electrons. The molecule has 1 aromatic carbocycles. The summed E-state index contributed by atoms with van der Waals surface area (Å²) in [6, 6.07) is 0.105. The zero-order valence-corrected chi connectivity index (χ0v) is 19.8. The molecule has 32 heavy (non-hydrogen) atoms. The second-order valence-corrected chi connectivity index (χ2v) is 8.67. The molecule has 13 heteroatoms. The fraction of sp³-hybridized carbons (Fsp3) is 0.316. The van der Waals surface area contributed by atoms with Crippen molar-refractivity contribution in [3.05, 3.63) is 43.0 Å². The summed E-state index contributed by atoms with van der Waals surface area (Å²) in [6.07, 6.45) is 0. The number of aromatic nitrogens is 1. The number of ether oxygens (including phenoxy) is 1. The highest BCUT2D eigenvalue weighted by Gasteiger charge is 2.48. The van der Waals surface area contributed by atoms with Crippen LogP contribution in [0.15, 0.2) is 10.6 Å². The lowest BCUT2D eigenvalue weighted by atomic mass is 10.0. The van der Waals surface area contributed by atoms with Crippen LogP contribution in [0.5, 0.6) is 0 Å². The van der Waals surface area contributed by atoms with E-state index in [1.165, 1.54) is 6.07 Å². The second kappa shape index (κ2) is 9.27. The van der Waals surface area contributed by atoms with Crippen molar-refractivity contribution < 1.29 is 28.4 Å². The molecule has 2 heterocycles. The molecule has 0 unspecified atom stereocenters. The van der Waals surface area contributed by atoms with Crippen molar-refractivity contribution in [2.24, 2.45) is 5.92 Å². The summed E-state index contributed by atoms with van der Waals surface area (Å²) in [5.41, 5.74) is -0.512. The first-order valence-corrected chi connectivity index (χ1v) is 10.6. The zero-order valence-electron chi connectivity index (χ0n) is 16.8. The van der Waals surface area contributed by atoms with Gasteiger partial charge in [0.15, 0.2) is 12.4 Å². The van der Waals surface area contributed by atoms with Gasteiger partial charge in [-0.2, -0.15) is 0 Å². The molecule has 2 aromatic rings. The number of carbonyl (C=O) groups excluding carboxylic acids is 4. The summed E-state index contributed by atoms with van der Waals surface area (Å²) in [5, 5.41) is 5.08. The third-order valence-corrected chi connectivity index (χ3v) is 6.33. The molecule has 1 aromatic heterocycles. The van der Waals surface area contributed by atoms with Crippen LogP contribution < -0.4 is 5.32 Å². The summed E-state index contributed by atoms with van der Waals surface area (Å²) in [7, 11) is 0. The van der Waals surface area contributed by atoms with Crippen molar-refractivity contribution in [2.75, 3.05) is 11.9 Å². The molecular formula is C19H15Cl4N3O6. The van der Waals surface area contributed by atoms with Crippen LogP contribution in [0.2, 0.25) is 20.1 Å². The Bertz CT molecular complexity index is 1100. The molecular weight excluding hydrogens is 508 g/mol. The number of amides is 3. The summed E-state index contributed by atoms with van der Waals surface area (Å²) in [6.45, 7) is 4.14. The van der Waals surface area contributed by atoms with Gasteiger partial charge in [-0.05, 0) is 12.8 Å². The second-order valence-electron chi connectivity index (χ2n) is 7.15. The minimum absolute atomic E-state index is 0.141. The molecule has 0 radical (unpaired) electrons. The van der Waals surface area contributed by atoms with Crippen LogP contribution >= 0.6 is 46.4 Å². The van der Waals surface area contributed by atoms with E-state index in [9.17, 15) is 19.2 Å². The molecule has 9 nitrogen and oxygen atoms in total. The molecule has 1 aliphatic heterocycles. The molecule has 0 saturated carbocycles. The maximum atomic E-state index is 13.0. The summed E-state index contributed by atoms with van der Waals surface area (Å²) >= 11 is 24.3. The lowest BCUT2D eigenvalue weighted by Gasteiger charge is -2.27. The number of halogens is 4. The monoisotopic (exact) mass is 521 g/mol. The van der Waals surface area contributed by atoms with Gasteiger partial charge in [-0.15, -0.1) is 0 Å². The first-order valence-electron chi connectivity index (χ1n) is 9.09. The third-order valence-electron chi connectivity index (χ3n) is 4.52. The number of rotatable bonds is 6. The quantitative estimate of drug-likeness (QED) is 0.258. The van der Waals surface area contributed by atoms with Crippen LogP contribution in [0.1, 0.15) is 40.3 Å². The van der Waals surface area contributed by atoms with Gasteiger partial charge in [-0.3, -0.25) is 19.3 Å². The van der Waals surface area contributed by atoms with Crippen molar-refractivity contribution >= 4 is 75.9 Å². The number of aryl methyl sites for hydroxylation is 1. The van der Waals surface area contributed by atoms with Gasteiger partial charge >= 0.3 is 5.97 Å². The molecule has 0 bridgehead atoms. The number of anilines is 1. The Balaban J connectivity index is 1.82. The van der Waals surface area contributed by atoms with Crippen molar-refractivity contribution in [3.63, 3.8) is 0 Å². The van der Waals surface area contributed by atoms with Crippen molar-refractivity contribution in [2.45, 2.75) is 26.8 Å². The van der Waals surface area contributed by atoms with E-state index in [4.69, 9.17) is 55.7 Å². The van der Waals surface area contributed by atoms with Crippen LogP contribution in [0.25, 0.3) is 0 Å². The number of carbonyl (C=O) groups is 4. The fourth-order valence-electron chi connectivity index (χ4n) is 3.12. The van der Waals surface area contributed by atoms with Crippen molar-refractivity contribution in [1.82, 2.24) is 10.1 Å². The normalized spacial score (nSPS) is 14.1. The van der Waals surface area contributed by atoms with Crippen molar-refractivity contribution in [1.29, 1.82) is 0 Å². The van der Waals surface area contributed by atoms with Gasteiger partial charge in [0.2, 0.25) is 0 Å². The lowest BCUT2D eigenvalue weighted by Crippen LogP contribution is -2.49. The van der Waals surface area contributed by atoms with Gasteiger partial charge in [-0.25, -0.2) is 4.79 Å². The van der Waals surface area contributed by atoms with E-state index in [1.54, 1.807) is 20.8 Å². The fourth-order valence-corrected chi connectivity index (χ4v) is 4.14. The topological polar surface area (TPSA) is 119 Å². The van der Waals surface area contributed by atoms with E-state index in [1.807, 2.05) is 0 Å². The SMILES string of the molecule is Cc1cc(NC(=O)COC(=O)[C@@H](C(C)C)N2C(=O)c3c(Cl)c(Cl)c(Cl)c(Cl)c3C2=O)no1. The number of esters is 1. The van der Waals surface area contributed by atoms with Gasteiger partial charge in [0.05, 0.1) is 31.2 Å². The van der Waals surface area contributed by atoms with E-state index < -0.39 is 42.3 Å². The highest BCUT2D eigenvalue weighted by Crippen LogP contribution is 2.45. The first-order chi connectivity index (χ1) is 15.0. The minimum atomic E-state index is -1.37. The highest BCUT2D eigenvalue weighted by molar-refractivity contribution is 6.55. The lowest BCUT2D eigenvalue weighted by molar-refractivity contribution is -0.152. The van der Waals surface area contributed by atoms with Gasteiger partial charge in [-0.1, -0.05) is 65.4 Å². The van der Waals surface area contributed by atoms with E-state index in [0.29, 0.717) is 10.7 Å². The maximum Gasteiger partial charge on any atom is 0.330 e. The van der Waals surface area contributed by atoms with E-state index >= 15 is 0 Å². The largest absolute Gasteiger partial charge is 0.454 e. The Morgan fingerprint density at radius 3 is 2.03 bits per heavy atom. The van der Waals surface area contributed by atoms with Crippen LogP contribution in [0, 0.1) is 12.8 Å². The van der Waals surface area contributed by atoms with Crippen LogP contribution in [-0.4, -0.2) is 46.4 Å². The minimum Gasteiger partial charge on any atom is -0.454 e. The number of fused-ring (bicyclic) bond motifs is 1. The van der Waals surface area contributed by atoms with Crippen LogP contribution in [0.3, 0.4) is 0 Å². The van der Waals surface area contributed by atoms with Gasteiger partial charge in [0.25, 0.3) is 17.7 Å². The Hall–Kier alpha value is -2.33. The molecule has 1 aliphatic rings. The maximum absolute atomic E-state index is 13.0. The molecule has 3 amide bonds. The Morgan fingerprint density at radius 2 is 1.59 bits per heavy atom. The number of hydrogen-bond acceptors (Lipinski definition) is 7. The highest BCUT2D eigenvalue weighted by atomic mass is 35.5. The number of nitrogens with one attached hydrogen (secondary N) is 1. The van der Waals surface area contributed by atoms with E-state index in [0.717, 1.165) is 0 Å². The predicted octanol–water partition coefficient (Wildman–Crippen LogP) is 4.40. The molecule has 0 spiro atoms. The first kappa shape index (κ1) is 24.3. The summed E-state index contributed by atoms with van der Waals surface area (Å²) < 4.78 is 9.87. The predicted molar refractivity (Wildman–Crippen MR) is 116 cm³/mol. The van der Waals surface area contributed by atoms with Gasteiger partial charge in [0, 0.05) is 6.07 Å². The third kappa shape index (κ3) is 4.30. The smallest absolute Gasteiger partial charge is 0.330 e. The van der Waals surface area contributed by atoms with Gasteiger partial charge in [0.1, 0.15) is 11.8 Å². The summed E-state index contributed by atoms with van der Waals surface area (Å²) in [4.78, 5) is 51.5. The standard InChI is InChI=1S/C19H15Cl4N3O6/c1-6(2)16(19(30)31-5-9(27)24-8-4-7(3)32-25-8)26-17(28)10-11(18(26)29)13(21)15(23)14(22)12(10)20/h4,6,16H,5H2,1-3H3,(H,24,25,27)/t16-/m1/s1. The number of benzene rings is 1. The average molecular weight is 523 g/mol. The van der Waals surface area contributed by atoms with E-state index in [2.05, 4.69) is 10.5 Å². The van der Waals surface area contributed by atoms with E-state index in [-0.39, 0.29) is 37.0 Å². The Kier molecular flexibility index (Phi) is 7.04.